The highest BCUT2D eigenvalue weighted by Crippen LogP contribution is 2.35. The molecule has 0 atom stereocenters. The topological polar surface area (TPSA) is 32.3 Å². The van der Waals surface area contributed by atoms with E-state index in [1.54, 1.807) is 11.3 Å². The summed E-state index contributed by atoms with van der Waals surface area (Å²) >= 11 is 14.3. The second kappa shape index (κ2) is 7.82. The van der Waals surface area contributed by atoms with Crippen molar-refractivity contribution in [2.24, 2.45) is 0 Å². The van der Waals surface area contributed by atoms with E-state index < -0.39 is 0 Å². The van der Waals surface area contributed by atoms with Gasteiger partial charge in [-0.2, -0.15) is 0 Å². The summed E-state index contributed by atoms with van der Waals surface area (Å²) in [5, 5.41) is 4.52. The third-order valence-electron chi connectivity index (χ3n) is 5.18. The first-order valence-electron chi connectivity index (χ1n) is 9.45. The van der Waals surface area contributed by atoms with E-state index in [4.69, 9.17) is 33.2 Å². The Morgan fingerprint density at radius 2 is 1.48 bits per heavy atom. The normalized spacial score (nSPS) is 14.6. The molecule has 7 heteroatoms. The fourth-order valence-corrected chi connectivity index (χ4v) is 5.05. The van der Waals surface area contributed by atoms with Crippen LogP contribution in [0.25, 0.3) is 21.6 Å². The number of thiophene rings is 1. The van der Waals surface area contributed by atoms with Crippen molar-refractivity contribution in [3.8, 4) is 10.7 Å². The molecule has 5 rings (SSSR count). The van der Waals surface area contributed by atoms with Gasteiger partial charge in [-0.15, -0.1) is 11.3 Å². The zero-order valence-electron chi connectivity index (χ0n) is 15.6. The Morgan fingerprint density at radius 3 is 2.24 bits per heavy atom. The molecule has 0 N–H and O–H groups in total. The Bertz CT molecular complexity index is 1170. The van der Waals surface area contributed by atoms with Crippen molar-refractivity contribution >= 4 is 56.9 Å². The van der Waals surface area contributed by atoms with Crippen LogP contribution in [0.2, 0.25) is 10.0 Å². The van der Waals surface area contributed by atoms with Gasteiger partial charge in [0, 0.05) is 31.6 Å². The molecule has 4 nitrogen and oxygen atoms in total. The Balaban J connectivity index is 1.49. The fraction of sp³-hybridized carbons (Fsp3) is 0.182. The maximum absolute atomic E-state index is 6.39. The lowest BCUT2D eigenvalue weighted by atomic mass is 10.2. The number of benzene rings is 2. The van der Waals surface area contributed by atoms with Crippen molar-refractivity contribution in [2.45, 2.75) is 0 Å². The predicted molar refractivity (Wildman–Crippen MR) is 124 cm³/mol. The Hall–Kier alpha value is -2.34. The van der Waals surface area contributed by atoms with Crippen molar-refractivity contribution in [2.75, 3.05) is 36.0 Å². The standard InChI is InChI=1S/C22H18Cl2N4S/c23-16-6-2-4-8-19(16)27-10-12-28(13-11-27)22-15-5-1-3-7-18(15)25-21(26-22)20-17(24)9-14-29-20/h1-9,14H,10-13H2. The van der Waals surface area contributed by atoms with Gasteiger partial charge in [-0.3, -0.25) is 0 Å². The minimum atomic E-state index is 0.687. The maximum Gasteiger partial charge on any atom is 0.173 e. The number of rotatable bonds is 3. The SMILES string of the molecule is Clc1ccccc1N1CCN(c2nc(-c3sccc3Cl)nc3ccccc23)CC1. The summed E-state index contributed by atoms with van der Waals surface area (Å²) in [5.74, 6) is 1.65. The Morgan fingerprint density at radius 1 is 0.759 bits per heavy atom. The number of piperazine rings is 1. The van der Waals surface area contributed by atoms with Gasteiger partial charge in [0.1, 0.15) is 5.82 Å². The van der Waals surface area contributed by atoms with Crippen LogP contribution in [0.5, 0.6) is 0 Å². The summed E-state index contributed by atoms with van der Waals surface area (Å²) in [5.41, 5.74) is 2.03. The monoisotopic (exact) mass is 440 g/mol. The van der Waals surface area contributed by atoms with Crippen LogP contribution in [-0.2, 0) is 0 Å². The molecule has 1 aliphatic rings. The number of para-hydroxylation sites is 2. The first kappa shape index (κ1) is 18.7. The molecule has 0 saturated carbocycles. The summed E-state index contributed by atoms with van der Waals surface area (Å²) in [6.07, 6.45) is 0. The van der Waals surface area contributed by atoms with Crippen molar-refractivity contribution in [3.05, 3.63) is 70.0 Å². The summed E-state index contributed by atoms with van der Waals surface area (Å²) in [6.45, 7) is 3.50. The summed E-state index contributed by atoms with van der Waals surface area (Å²) < 4.78 is 0. The van der Waals surface area contributed by atoms with E-state index in [1.807, 2.05) is 47.8 Å². The van der Waals surface area contributed by atoms with Crippen molar-refractivity contribution in [1.82, 2.24) is 9.97 Å². The molecule has 0 aliphatic carbocycles. The number of nitrogens with zero attached hydrogens (tertiary/aromatic N) is 4. The second-order valence-electron chi connectivity index (χ2n) is 6.91. The van der Waals surface area contributed by atoms with Gasteiger partial charge in [0.05, 0.1) is 26.1 Å². The molecule has 0 unspecified atom stereocenters. The molecule has 1 saturated heterocycles. The van der Waals surface area contributed by atoms with E-state index >= 15 is 0 Å². The number of fused-ring (bicyclic) bond motifs is 1. The van der Waals surface area contributed by atoms with Crippen LogP contribution in [0.1, 0.15) is 0 Å². The molecule has 3 heterocycles. The molecule has 0 bridgehead atoms. The zero-order valence-corrected chi connectivity index (χ0v) is 17.9. The molecule has 2 aromatic carbocycles. The van der Waals surface area contributed by atoms with E-state index in [0.29, 0.717) is 10.8 Å². The minimum Gasteiger partial charge on any atom is -0.367 e. The van der Waals surface area contributed by atoms with Gasteiger partial charge in [0.2, 0.25) is 0 Å². The first-order chi connectivity index (χ1) is 14.2. The highest BCUT2D eigenvalue weighted by molar-refractivity contribution is 7.14. The molecule has 0 amide bonds. The molecule has 146 valence electrons. The lowest BCUT2D eigenvalue weighted by Gasteiger charge is -2.37. The van der Waals surface area contributed by atoms with Crippen LogP contribution in [0, 0.1) is 0 Å². The average Bonchev–Trinajstić information content (AvgIpc) is 3.19. The lowest BCUT2D eigenvalue weighted by molar-refractivity contribution is 0.649. The third-order valence-corrected chi connectivity index (χ3v) is 6.83. The van der Waals surface area contributed by atoms with E-state index in [-0.39, 0.29) is 0 Å². The second-order valence-corrected chi connectivity index (χ2v) is 8.64. The number of hydrogen-bond donors (Lipinski definition) is 0. The maximum atomic E-state index is 6.39. The highest BCUT2D eigenvalue weighted by Gasteiger charge is 2.23. The van der Waals surface area contributed by atoms with Crippen LogP contribution >= 0.6 is 34.5 Å². The molecule has 1 fully saturated rings. The Labute approximate surface area is 183 Å². The average molecular weight is 441 g/mol. The smallest absolute Gasteiger partial charge is 0.173 e. The van der Waals surface area contributed by atoms with Gasteiger partial charge < -0.3 is 9.80 Å². The predicted octanol–water partition coefficient (Wildman–Crippen LogP) is 5.99. The summed E-state index contributed by atoms with van der Waals surface area (Å²) in [7, 11) is 0. The van der Waals surface area contributed by atoms with Gasteiger partial charge in [-0.05, 0) is 35.7 Å². The van der Waals surface area contributed by atoms with Crippen LogP contribution in [0.15, 0.2) is 60.0 Å². The van der Waals surface area contributed by atoms with Gasteiger partial charge in [-0.25, -0.2) is 9.97 Å². The molecule has 1 aliphatic heterocycles. The molecule has 4 aromatic rings. The molecular weight excluding hydrogens is 423 g/mol. The summed E-state index contributed by atoms with van der Waals surface area (Å²) in [4.78, 5) is 15.3. The van der Waals surface area contributed by atoms with Crippen molar-refractivity contribution in [3.63, 3.8) is 0 Å². The molecule has 0 spiro atoms. The summed E-state index contributed by atoms with van der Waals surface area (Å²) in [6, 6.07) is 18.1. The van der Waals surface area contributed by atoms with Gasteiger partial charge in [0.15, 0.2) is 5.82 Å². The van der Waals surface area contributed by atoms with Crippen LogP contribution in [0.3, 0.4) is 0 Å². The van der Waals surface area contributed by atoms with Gasteiger partial charge in [-0.1, -0.05) is 47.5 Å². The highest BCUT2D eigenvalue weighted by atomic mass is 35.5. The first-order valence-corrected chi connectivity index (χ1v) is 11.1. The van der Waals surface area contributed by atoms with E-state index in [2.05, 4.69) is 21.9 Å². The number of hydrogen-bond acceptors (Lipinski definition) is 5. The molecular formula is C22H18Cl2N4S. The largest absolute Gasteiger partial charge is 0.367 e. The van der Waals surface area contributed by atoms with E-state index in [9.17, 15) is 0 Å². The fourth-order valence-electron chi connectivity index (χ4n) is 3.72. The molecule has 29 heavy (non-hydrogen) atoms. The lowest BCUT2D eigenvalue weighted by Crippen LogP contribution is -2.47. The molecule has 2 aromatic heterocycles. The number of aromatic nitrogens is 2. The zero-order chi connectivity index (χ0) is 19.8. The van der Waals surface area contributed by atoms with Crippen molar-refractivity contribution < 1.29 is 0 Å². The number of anilines is 2. The number of halogens is 2. The van der Waals surface area contributed by atoms with Crippen LogP contribution < -0.4 is 9.80 Å². The third kappa shape index (κ3) is 3.54. The van der Waals surface area contributed by atoms with Gasteiger partial charge in [0.25, 0.3) is 0 Å². The Kier molecular flexibility index (Phi) is 5.04. The van der Waals surface area contributed by atoms with E-state index in [0.717, 1.165) is 58.5 Å². The van der Waals surface area contributed by atoms with E-state index in [1.165, 1.54) is 0 Å². The van der Waals surface area contributed by atoms with Gasteiger partial charge >= 0.3 is 0 Å². The minimum absolute atomic E-state index is 0.687. The molecule has 0 radical (unpaired) electrons. The van der Waals surface area contributed by atoms with Crippen LogP contribution in [-0.4, -0.2) is 36.1 Å². The van der Waals surface area contributed by atoms with Crippen molar-refractivity contribution in [1.29, 1.82) is 0 Å². The quantitative estimate of drug-likeness (QED) is 0.391. The van der Waals surface area contributed by atoms with Crippen LogP contribution in [0.4, 0.5) is 11.5 Å².